The van der Waals surface area contributed by atoms with Crippen LogP contribution in [-0.2, 0) is 10.8 Å². The van der Waals surface area contributed by atoms with E-state index < -0.39 is 10.8 Å². The summed E-state index contributed by atoms with van der Waals surface area (Å²) in [5.41, 5.74) is 5.45. The highest BCUT2D eigenvalue weighted by molar-refractivity contribution is 7.84. The molecule has 0 aliphatic heterocycles. The van der Waals surface area contributed by atoms with Gasteiger partial charge in [-0.2, -0.15) is 0 Å². The van der Waals surface area contributed by atoms with Gasteiger partial charge in [0.25, 0.3) is 0 Å². The van der Waals surface area contributed by atoms with E-state index in [1.54, 1.807) is 0 Å². The van der Waals surface area contributed by atoms with Crippen LogP contribution < -0.4 is 5.73 Å². The van der Waals surface area contributed by atoms with E-state index in [4.69, 9.17) is 5.73 Å². The summed E-state index contributed by atoms with van der Waals surface area (Å²) in [6, 6.07) is 0. The van der Waals surface area contributed by atoms with E-state index in [0.29, 0.717) is 18.4 Å². The summed E-state index contributed by atoms with van der Waals surface area (Å²) >= 11 is 0. The molecule has 0 heterocycles. The van der Waals surface area contributed by atoms with Crippen molar-refractivity contribution in [2.75, 3.05) is 18.1 Å². The maximum atomic E-state index is 11.4. The topological polar surface area (TPSA) is 43.1 Å². The van der Waals surface area contributed by atoms with Crippen LogP contribution in [0.25, 0.3) is 0 Å². The van der Waals surface area contributed by atoms with Crippen molar-refractivity contribution in [3.63, 3.8) is 0 Å². The van der Waals surface area contributed by atoms with Crippen molar-refractivity contribution in [3.8, 4) is 0 Å². The minimum Gasteiger partial charge on any atom is -0.330 e. The fourth-order valence-corrected chi connectivity index (χ4v) is 2.67. The second-order valence-electron chi connectivity index (χ2n) is 3.63. The van der Waals surface area contributed by atoms with E-state index in [9.17, 15) is 4.21 Å². The molecular formula is C9H21NOS. The van der Waals surface area contributed by atoms with Gasteiger partial charge in [-0.3, -0.25) is 4.21 Å². The second-order valence-corrected chi connectivity index (χ2v) is 5.17. The molecule has 0 radical (unpaired) electrons. The molecule has 0 spiro atoms. The van der Waals surface area contributed by atoms with Crippen molar-refractivity contribution in [1.82, 2.24) is 0 Å². The first-order valence-electron chi connectivity index (χ1n) is 4.65. The van der Waals surface area contributed by atoms with Crippen molar-refractivity contribution >= 4 is 10.8 Å². The molecule has 0 saturated carbocycles. The highest BCUT2D eigenvalue weighted by atomic mass is 32.2. The number of rotatable bonds is 6. The SMILES string of the molecule is CCC(C)CS(=O)CC(C)CN. The number of hydrogen-bond donors (Lipinski definition) is 1. The van der Waals surface area contributed by atoms with Crippen LogP contribution in [0.4, 0.5) is 0 Å². The fraction of sp³-hybridized carbons (Fsp3) is 1.00. The molecule has 0 aromatic heterocycles. The zero-order chi connectivity index (χ0) is 9.56. The first kappa shape index (κ1) is 12.1. The van der Waals surface area contributed by atoms with Gasteiger partial charge in [-0.1, -0.05) is 27.2 Å². The van der Waals surface area contributed by atoms with Gasteiger partial charge in [0.05, 0.1) is 0 Å². The highest BCUT2D eigenvalue weighted by Gasteiger charge is 2.08. The smallest absolute Gasteiger partial charge is 0.0272 e. The van der Waals surface area contributed by atoms with Crippen LogP contribution in [0.5, 0.6) is 0 Å². The van der Waals surface area contributed by atoms with E-state index >= 15 is 0 Å². The van der Waals surface area contributed by atoms with Gasteiger partial charge in [0.2, 0.25) is 0 Å². The summed E-state index contributed by atoms with van der Waals surface area (Å²) in [7, 11) is -0.660. The quantitative estimate of drug-likeness (QED) is 0.689. The van der Waals surface area contributed by atoms with Crippen molar-refractivity contribution in [1.29, 1.82) is 0 Å². The first-order chi connectivity index (χ1) is 5.60. The summed E-state index contributed by atoms with van der Waals surface area (Å²) < 4.78 is 11.4. The maximum absolute atomic E-state index is 11.4. The maximum Gasteiger partial charge on any atom is 0.0272 e. The van der Waals surface area contributed by atoms with Gasteiger partial charge in [-0.15, -0.1) is 0 Å². The summed E-state index contributed by atoms with van der Waals surface area (Å²) in [5, 5.41) is 0. The minimum absolute atomic E-state index is 0.398. The Labute approximate surface area is 78.4 Å². The molecule has 0 aromatic rings. The highest BCUT2D eigenvalue weighted by Crippen LogP contribution is 2.05. The molecule has 3 atom stereocenters. The molecule has 0 aliphatic carbocycles. The van der Waals surface area contributed by atoms with Gasteiger partial charge < -0.3 is 5.73 Å². The van der Waals surface area contributed by atoms with Gasteiger partial charge >= 0.3 is 0 Å². The van der Waals surface area contributed by atoms with E-state index in [1.165, 1.54) is 0 Å². The van der Waals surface area contributed by atoms with Crippen molar-refractivity contribution in [2.24, 2.45) is 17.6 Å². The lowest BCUT2D eigenvalue weighted by Crippen LogP contribution is -2.20. The van der Waals surface area contributed by atoms with Gasteiger partial charge in [-0.05, 0) is 18.4 Å². The first-order valence-corrected chi connectivity index (χ1v) is 6.14. The molecule has 2 N–H and O–H groups in total. The van der Waals surface area contributed by atoms with Crippen LogP contribution in [0, 0.1) is 11.8 Å². The van der Waals surface area contributed by atoms with Gasteiger partial charge in [0.1, 0.15) is 0 Å². The van der Waals surface area contributed by atoms with E-state index in [0.717, 1.165) is 17.9 Å². The molecule has 12 heavy (non-hydrogen) atoms. The molecule has 0 bridgehead atoms. The van der Waals surface area contributed by atoms with Crippen LogP contribution in [-0.4, -0.2) is 22.3 Å². The predicted octanol–water partition coefficient (Wildman–Crippen LogP) is 1.38. The largest absolute Gasteiger partial charge is 0.330 e. The lowest BCUT2D eigenvalue weighted by Gasteiger charge is -2.11. The number of hydrogen-bond acceptors (Lipinski definition) is 2. The van der Waals surface area contributed by atoms with Crippen LogP contribution in [0.3, 0.4) is 0 Å². The van der Waals surface area contributed by atoms with Crippen LogP contribution in [0.15, 0.2) is 0 Å². The normalized spacial score (nSPS) is 18.7. The third-order valence-electron chi connectivity index (χ3n) is 2.04. The molecule has 74 valence electrons. The van der Waals surface area contributed by atoms with Crippen molar-refractivity contribution < 1.29 is 4.21 Å². The standard InChI is InChI=1S/C9H21NOS/c1-4-8(2)6-12(11)7-9(3)5-10/h8-9H,4-7,10H2,1-3H3. The average Bonchev–Trinajstić information content (AvgIpc) is 2.03. The third kappa shape index (κ3) is 5.72. The van der Waals surface area contributed by atoms with Gasteiger partial charge in [0, 0.05) is 22.3 Å². The monoisotopic (exact) mass is 191 g/mol. The minimum atomic E-state index is -0.660. The molecule has 3 heteroatoms. The van der Waals surface area contributed by atoms with Gasteiger partial charge in [0.15, 0.2) is 0 Å². The third-order valence-corrected chi connectivity index (χ3v) is 3.92. The van der Waals surface area contributed by atoms with Crippen LogP contribution in [0.1, 0.15) is 27.2 Å². The fourth-order valence-electron chi connectivity index (χ4n) is 0.889. The molecule has 0 aliphatic rings. The Kier molecular flexibility index (Phi) is 6.67. The van der Waals surface area contributed by atoms with Gasteiger partial charge in [-0.25, -0.2) is 0 Å². The molecule has 2 nitrogen and oxygen atoms in total. The molecule has 0 amide bonds. The molecule has 3 unspecified atom stereocenters. The van der Waals surface area contributed by atoms with E-state index in [-0.39, 0.29) is 0 Å². The molecule has 0 rings (SSSR count). The van der Waals surface area contributed by atoms with Crippen molar-refractivity contribution in [3.05, 3.63) is 0 Å². The molecule has 0 fully saturated rings. The molecule has 0 saturated heterocycles. The predicted molar refractivity (Wildman–Crippen MR) is 55.5 cm³/mol. The Morgan fingerprint density at radius 3 is 2.17 bits per heavy atom. The average molecular weight is 191 g/mol. The Morgan fingerprint density at radius 1 is 1.25 bits per heavy atom. The Bertz CT molecular complexity index is 124. The van der Waals surface area contributed by atoms with Crippen LogP contribution >= 0.6 is 0 Å². The Balaban J connectivity index is 3.59. The Hall–Kier alpha value is 0.110. The molecule has 0 aromatic carbocycles. The molecular weight excluding hydrogens is 170 g/mol. The lowest BCUT2D eigenvalue weighted by molar-refractivity contribution is 0.602. The Morgan fingerprint density at radius 2 is 1.75 bits per heavy atom. The second kappa shape index (κ2) is 6.61. The summed E-state index contributed by atoms with van der Waals surface area (Å²) in [6.45, 7) is 6.97. The summed E-state index contributed by atoms with van der Waals surface area (Å²) in [6.07, 6.45) is 1.11. The van der Waals surface area contributed by atoms with Crippen molar-refractivity contribution in [2.45, 2.75) is 27.2 Å². The number of nitrogens with two attached hydrogens (primary N) is 1. The van der Waals surface area contributed by atoms with E-state index in [1.807, 2.05) is 0 Å². The summed E-state index contributed by atoms with van der Waals surface area (Å²) in [4.78, 5) is 0. The zero-order valence-electron chi connectivity index (χ0n) is 8.38. The van der Waals surface area contributed by atoms with Crippen LogP contribution in [0.2, 0.25) is 0 Å². The lowest BCUT2D eigenvalue weighted by atomic mass is 10.2. The summed E-state index contributed by atoms with van der Waals surface area (Å²) in [5.74, 6) is 2.58. The zero-order valence-corrected chi connectivity index (χ0v) is 9.19. The van der Waals surface area contributed by atoms with E-state index in [2.05, 4.69) is 20.8 Å².